The smallest absolute Gasteiger partial charge is 0.408 e. The maximum atomic E-state index is 11.9. The van der Waals surface area contributed by atoms with Crippen molar-refractivity contribution in [2.45, 2.75) is 6.54 Å². The van der Waals surface area contributed by atoms with Crippen LogP contribution >= 0.6 is 11.5 Å². The quantitative estimate of drug-likeness (QED) is 0.572. The van der Waals surface area contributed by atoms with E-state index in [9.17, 15) is 14.9 Å². The zero-order valence-corrected chi connectivity index (χ0v) is 11.6. The number of nitrogens with one attached hydrogen (secondary N) is 1. The van der Waals surface area contributed by atoms with E-state index in [0.717, 1.165) is 16.5 Å². The number of nitro benzene ring substituents is 1. The van der Waals surface area contributed by atoms with Gasteiger partial charge in [-0.1, -0.05) is 4.49 Å². The molecule has 0 aliphatic carbocycles. The van der Waals surface area contributed by atoms with Gasteiger partial charge in [0.1, 0.15) is 10.7 Å². The lowest BCUT2D eigenvalue weighted by atomic mass is 10.3. The molecular weight excluding hydrogens is 298 g/mol. The van der Waals surface area contributed by atoms with Crippen LogP contribution in [-0.4, -0.2) is 26.1 Å². The topological polar surface area (TPSA) is 116 Å². The van der Waals surface area contributed by atoms with E-state index in [-0.39, 0.29) is 12.2 Å². The van der Waals surface area contributed by atoms with Crippen molar-refractivity contribution in [3.8, 4) is 0 Å². The predicted octanol–water partition coefficient (Wildman–Crippen LogP) is 1.44. The predicted molar refractivity (Wildman–Crippen MR) is 75.7 cm³/mol. The third-order valence-electron chi connectivity index (χ3n) is 2.95. The van der Waals surface area contributed by atoms with Gasteiger partial charge in [-0.25, -0.2) is 4.79 Å². The Morgan fingerprint density at radius 3 is 3.05 bits per heavy atom. The first-order valence-corrected chi connectivity index (χ1v) is 6.64. The van der Waals surface area contributed by atoms with Gasteiger partial charge in [0.15, 0.2) is 5.58 Å². The summed E-state index contributed by atoms with van der Waals surface area (Å²) >= 11 is 1.16. The largest absolute Gasteiger partial charge is 0.420 e. The van der Waals surface area contributed by atoms with Crippen molar-refractivity contribution >= 4 is 33.3 Å². The van der Waals surface area contributed by atoms with E-state index < -0.39 is 10.7 Å². The molecule has 21 heavy (non-hydrogen) atoms. The molecule has 2 aromatic heterocycles. The first-order valence-electron chi connectivity index (χ1n) is 5.87. The van der Waals surface area contributed by atoms with Crippen molar-refractivity contribution in [3.63, 3.8) is 0 Å². The molecule has 0 saturated carbocycles. The average Bonchev–Trinajstić information content (AvgIpc) is 3.03. The summed E-state index contributed by atoms with van der Waals surface area (Å²) in [5.74, 6) is -0.597. The highest BCUT2D eigenvalue weighted by Crippen LogP contribution is 2.23. The van der Waals surface area contributed by atoms with Gasteiger partial charge in [-0.3, -0.25) is 14.7 Å². The lowest BCUT2D eigenvalue weighted by Crippen LogP contribution is -2.15. The minimum Gasteiger partial charge on any atom is -0.408 e. The molecule has 108 valence electrons. The molecule has 0 aliphatic heterocycles. The molecule has 1 aromatic carbocycles. The minimum absolute atomic E-state index is 0.109. The van der Waals surface area contributed by atoms with Crippen molar-refractivity contribution < 1.29 is 9.34 Å². The number of hydrogen-bond acceptors (Lipinski definition) is 8. The lowest BCUT2D eigenvalue weighted by Gasteiger charge is -2.01. The van der Waals surface area contributed by atoms with Gasteiger partial charge in [0.25, 0.3) is 5.69 Å². The fourth-order valence-electron chi connectivity index (χ4n) is 1.97. The van der Waals surface area contributed by atoms with Gasteiger partial charge < -0.3 is 9.73 Å². The van der Waals surface area contributed by atoms with Crippen molar-refractivity contribution in [2.24, 2.45) is 0 Å². The summed E-state index contributed by atoms with van der Waals surface area (Å²) in [7, 11) is 1.72. The molecule has 9 nitrogen and oxygen atoms in total. The van der Waals surface area contributed by atoms with Crippen LogP contribution in [0.3, 0.4) is 0 Å². The Morgan fingerprint density at radius 2 is 2.33 bits per heavy atom. The van der Waals surface area contributed by atoms with Crippen LogP contribution in [0, 0.1) is 10.1 Å². The molecule has 0 amide bonds. The number of aromatic nitrogens is 3. The second-order valence-corrected chi connectivity index (χ2v) is 4.92. The number of oxazole rings is 1. The van der Waals surface area contributed by atoms with Gasteiger partial charge >= 0.3 is 5.76 Å². The van der Waals surface area contributed by atoms with Gasteiger partial charge in [-0.15, -0.1) is 5.10 Å². The molecule has 1 N–H and O–H groups in total. The van der Waals surface area contributed by atoms with Crippen LogP contribution in [0.2, 0.25) is 0 Å². The Morgan fingerprint density at radius 1 is 1.52 bits per heavy atom. The Hall–Kier alpha value is -2.75. The van der Waals surface area contributed by atoms with Crippen LogP contribution in [-0.2, 0) is 6.54 Å². The van der Waals surface area contributed by atoms with E-state index in [1.165, 1.54) is 22.8 Å². The average molecular weight is 307 g/mol. The van der Waals surface area contributed by atoms with Crippen molar-refractivity contribution in [1.82, 2.24) is 14.2 Å². The Bertz CT molecular complexity index is 880. The molecule has 3 aromatic rings. The highest BCUT2D eigenvalue weighted by Gasteiger charge is 2.16. The number of hydrogen-bond donors (Lipinski definition) is 1. The molecular formula is C11H9N5O4S. The number of nitro groups is 1. The molecule has 3 rings (SSSR count). The summed E-state index contributed by atoms with van der Waals surface area (Å²) in [6, 6.07) is 4.00. The Balaban J connectivity index is 2.13. The number of nitrogens with zero attached hydrogens (tertiary/aromatic N) is 4. The Labute approximate surface area is 121 Å². The van der Waals surface area contributed by atoms with E-state index in [2.05, 4.69) is 14.9 Å². The van der Waals surface area contributed by atoms with Crippen LogP contribution in [0.1, 0.15) is 5.69 Å². The lowest BCUT2D eigenvalue weighted by molar-refractivity contribution is -0.384. The number of benzene rings is 1. The number of fused-ring (bicyclic) bond motifs is 1. The highest BCUT2D eigenvalue weighted by molar-refractivity contribution is 7.10. The Kier molecular flexibility index (Phi) is 3.14. The molecule has 0 atom stereocenters. The van der Waals surface area contributed by atoms with Crippen molar-refractivity contribution in [1.29, 1.82) is 0 Å². The number of anilines is 1. The van der Waals surface area contributed by atoms with Crippen LogP contribution in [0.15, 0.2) is 27.4 Å². The molecule has 0 unspecified atom stereocenters. The van der Waals surface area contributed by atoms with Crippen molar-refractivity contribution in [3.05, 3.63) is 44.6 Å². The fraction of sp³-hybridized carbons (Fsp3) is 0.182. The van der Waals surface area contributed by atoms with E-state index in [1.54, 1.807) is 7.05 Å². The second kappa shape index (κ2) is 4.98. The molecule has 0 spiro atoms. The summed E-state index contributed by atoms with van der Waals surface area (Å²) in [6.45, 7) is 0.125. The molecule has 0 saturated heterocycles. The van der Waals surface area contributed by atoms with E-state index in [1.807, 2.05) is 0 Å². The summed E-state index contributed by atoms with van der Waals surface area (Å²) < 4.78 is 10.2. The molecule has 0 fully saturated rings. The molecule has 10 heteroatoms. The fourth-order valence-corrected chi connectivity index (χ4v) is 2.49. The summed E-state index contributed by atoms with van der Waals surface area (Å²) in [4.78, 5) is 22.2. The number of non-ortho nitro benzene ring substituents is 1. The zero-order chi connectivity index (χ0) is 15.0. The van der Waals surface area contributed by atoms with Gasteiger partial charge in [0.2, 0.25) is 0 Å². The van der Waals surface area contributed by atoms with E-state index in [0.29, 0.717) is 16.8 Å². The molecule has 0 radical (unpaired) electrons. The van der Waals surface area contributed by atoms with Gasteiger partial charge in [0.05, 0.1) is 17.0 Å². The highest BCUT2D eigenvalue weighted by atomic mass is 32.1. The monoisotopic (exact) mass is 307 g/mol. The second-order valence-electron chi connectivity index (χ2n) is 4.16. The summed E-state index contributed by atoms with van der Waals surface area (Å²) in [5.41, 5.74) is 1.10. The maximum absolute atomic E-state index is 11.9. The maximum Gasteiger partial charge on any atom is 0.420 e. The SMILES string of the molecule is CNc1snnc1Cn1c(=O)oc2ccc([N+](=O)[O-])cc21. The standard InChI is InChI=1S/C11H9N5O4S/c1-12-10-7(13-14-21-10)5-15-8-4-6(16(18)19)2-3-9(8)20-11(15)17/h2-4,12H,5H2,1H3. The van der Waals surface area contributed by atoms with Crippen LogP contribution in [0.5, 0.6) is 0 Å². The van der Waals surface area contributed by atoms with Crippen LogP contribution in [0.25, 0.3) is 11.1 Å². The van der Waals surface area contributed by atoms with E-state index >= 15 is 0 Å². The minimum atomic E-state index is -0.597. The number of rotatable bonds is 4. The molecule has 2 heterocycles. The van der Waals surface area contributed by atoms with Crippen LogP contribution in [0.4, 0.5) is 10.7 Å². The van der Waals surface area contributed by atoms with Crippen molar-refractivity contribution in [2.75, 3.05) is 12.4 Å². The van der Waals surface area contributed by atoms with E-state index in [4.69, 9.17) is 4.42 Å². The van der Waals surface area contributed by atoms with Gasteiger partial charge in [-0.2, -0.15) is 0 Å². The van der Waals surface area contributed by atoms with Crippen LogP contribution < -0.4 is 11.1 Å². The summed E-state index contributed by atoms with van der Waals surface area (Å²) in [6.07, 6.45) is 0. The first kappa shape index (κ1) is 13.2. The van der Waals surface area contributed by atoms with Gasteiger partial charge in [-0.05, 0) is 6.07 Å². The normalized spacial score (nSPS) is 10.9. The molecule has 0 bridgehead atoms. The first-order chi connectivity index (χ1) is 10.1. The third kappa shape index (κ3) is 2.25. The van der Waals surface area contributed by atoms with Gasteiger partial charge in [0, 0.05) is 30.7 Å². The zero-order valence-electron chi connectivity index (χ0n) is 10.8. The molecule has 0 aliphatic rings. The summed E-state index contributed by atoms with van der Waals surface area (Å²) in [5, 5.41) is 18.4. The third-order valence-corrected chi connectivity index (χ3v) is 3.74.